The van der Waals surface area contributed by atoms with Gasteiger partial charge in [0, 0.05) is 26.2 Å². The summed E-state index contributed by atoms with van der Waals surface area (Å²) >= 11 is 0. The first-order valence-electron chi connectivity index (χ1n) is 8.29. The van der Waals surface area contributed by atoms with Gasteiger partial charge in [0.25, 0.3) is 0 Å². The number of rotatable bonds is 2. The predicted molar refractivity (Wildman–Crippen MR) is 95.3 cm³/mol. The Morgan fingerprint density at radius 3 is 2.32 bits per heavy atom. The molecule has 0 atom stereocenters. The van der Waals surface area contributed by atoms with Crippen molar-refractivity contribution >= 4 is 22.7 Å². The smallest absolute Gasteiger partial charge is 0.163 e. The third-order valence-electron chi connectivity index (χ3n) is 4.34. The van der Waals surface area contributed by atoms with Gasteiger partial charge in [0.15, 0.2) is 11.5 Å². The molecule has 1 aliphatic heterocycles. The normalized spacial score (nSPS) is 15.0. The van der Waals surface area contributed by atoms with Gasteiger partial charge in [-0.25, -0.2) is 4.98 Å². The summed E-state index contributed by atoms with van der Waals surface area (Å²) in [6.07, 6.45) is 2.84. The fourth-order valence-corrected chi connectivity index (χ4v) is 3.03. The average Bonchev–Trinajstić information content (AvgIpc) is 2.94. The van der Waals surface area contributed by atoms with Crippen LogP contribution in [0.3, 0.4) is 0 Å². The van der Waals surface area contributed by atoms with Crippen molar-refractivity contribution < 1.29 is 0 Å². The van der Waals surface area contributed by atoms with Crippen molar-refractivity contribution in [2.45, 2.75) is 6.42 Å². The highest BCUT2D eigenvalue weighted by molar-refractivity contribution is 5.75. The van der Waals surface area contributed by atoms with Crippen LogP contribution in [0, 0.1) is 11.3 Å². The van der Waals surface area contributed by atoms with E-state index in [1.807, 2.05) is 42.6 Å². The SMILES string of the molecule is N#Cc1ccc(N2CCCN(c3cnc4ccccc4n3)CC2)nn1. The number of anilines is 2. The molecular weight excluding hydrogens is 314 g/mol. The molecule has 7 heteroatoms. The van der Waals surface area contributed by atoms with Crippen LogP contribution in [0.1, 0.15) is 12.1 Å². The van der Waals surface area contributed by atoms with Gasteiger partial charge in [-0.15, -0.1) is 10.2 Å². The second kappa shape index (κ2) is 6.69. The first-order valence-corrected chi connectivity index (χ1v) is 8.29. The Balaban J connectivity index is 1.51. The molecule has 2 aromatic heterocycles. The zero-order valence-corrected chi connectivity index (χ0v) is 13.7. The first-order chi connectivity index (χ1) is 12.3. The van der Waals surface area contributed by atoms with Crippen molar-refractivity contribution in [3.63, 3.8) is 0 Å². The maximum atomic E-state index is 8.83. The number of aromatic nitrogens is 4. The third-order valence-corrected chi connectivity index (χ3v) is 4.34. The van der Waals surface area contributed by atoms with Crippen LogP contribution in [-0.4, -0.2) is 46.3 Å². The Morgan fingerprint density at radius 2 is 1.60 bits per heavy atom. The van der Waals surface area contributed by atoms with Crippen LogP contribution in [0.25, 0.3) is 11.0 Å². The van der Waals surface area contributed by atoms with Crippen molar-refractivity contribution in [2.75, 3.05) is 36.0 Å². The Labute approximate surface area is 145 Å². The number of nitriles is 1. The van der Waals surface area contributed by atoms with Gasteiger partial charge < -0.3 is 9.80 Å². The van der Waals surface area contributed by atoms with Crippen LogP contribution in [0.5, 0.6) is 0 Å². The van der Waals surface area contributed by atoms with Crippen LogP contribution in [-0.2, 0) is 0 Å². The van der Waals surface area contributed by atoms with Gasteiger partial charge in [-0.2, -0.15) is 5.26 Å². The van der Waals surface area contributed by atoms with E-state index in [2.05, 4.69) is 25.0 Å². The molecule has 7 nitrogen and oxygen atoms in total. The van der Waals surface area contributed by atoms with Crippen LogP contribution in [0.15, 0.2) is 42.6 Å². The molecular formula is C18H17N7. The van der Waals surface area contributed by atoms with E-state index in [0.29, 0.717) is 5.69 Å². The summed E-state index contributed by atoms with van der Waals surface area (Å²) in [5.74, 6) is 1.72. The van der Waals surface area contributed by atoms with Gasteiger partial charge >= 0.3 is 0 Å². The molecule has 3 heterocycles. The summed E-state index contributed by atoms with van der Waals surface area (Å²) in [6.45, 7) is 3.50. The fourth-order valence-electron chi connectivity index (χ4n) is 3.03. The molecule has 0 bridgehead atoms. The number of benzene rings is 1. The molecule has 4 rings (SSSR count). The van der Waals surface area contributed by atoms with Crippen molar-refractivity contribution in [3.8, 4) is 6.07 Å². The summed E-state index contributed by atoms with van der Waals surface area (Å²) < 4.78 is 0. The van der Waals surface area contributed by atoms with Gasteiger partial charge in [0.2, 0.25) is 0 Å². The number of fused-ring (bicyclic) bond motifs is 1. The average molecular weight is 331 g/mol. The number of hydrogen-bond donors (Lipinski definition) is 0. The minimum atomic E-state index is 0.339. The molecule has 124 valence electrons. The molecule has 1 fully saturated rings. The molecule has 1 saturated heterocycles. The highest BCUT2D eigenvalue weighted by Gasteiger charge is 2.18. The molecule has 0 unspecified atom stereocenters. The molecule has 1 aliphatic rings. The van der Waals surface area contributed by atoms with E-state index in [-0.39, 0.29) is 0 Å². The predicted octanol–water partition coefficient (Wildman–Crippen LogP) is 2.01. The lowest BCUT2D eigenvalue weighted by molar-refractivity contribution is 0.784. The molecule has 0 radical (unpaired) electrons. The molecule has 3 aromatic rings. The van der Waals surface area contributed by atoms with E-state index in [1.165, 1.54) is 0 Å². The summed E-state index contributed by atoms with van der Waals surface area (Å²) in [6, 6.07) is 13.5. The van der Waals surface area contributed by atoms with Gasteiger partial charge in [0.1, 0.15) is 11.9 Å². The summed E-state index contributed by atoms with van der Waals surface area (Å²) in [5.41, 5.74) is 2.17. The second-order valence-corrected chi connectivity index (χ2v) is 5.93. The lowest BCUT2D eigenvalue weighted by Gasteiger charge is -2.23. The minimum absolute atomic E-state index is 0.339. The Hall–Kier alpha value is -3.27. The third kappa shape index (κ3) is 3.19. The lowest BCUT2D eigenvalue weighted by Crippen LogP contribution is -2.31. The molecule has 0 saturated carbocycles. The maximum absolute atomic E-state index is 8.83. The van der Waals surface area contributed by atoms with E-state index in [9.17, 15) is 0 Å². The molecule has 0 aliphatic carbocycles. The summed E-state index contributed by atoms with van der Waals surface area (Å²) in [4.78, 5) is 13.7. The molecule has 0 spiro atoms. The first kappa shape index (κ1) is 15.3. The number of nitrogens with zero attached hydrogens (tertiary/aromatic N) is 7. The maximum Gasteiger partial charge on any atom is 0.163 e. The second-order valence-electron chi connectivity index (χ2n) is 5.93. The quantitative estimate of drug-likeness (QED) is 0.710. The van der Waals surface area contributed by atoms with Gasteiger partial charge in [-0.3, -0.25) is 4.98 Å². The summed E-state index contributed by atoms with van der Waals surface area (Å²) in [5, 5.41) is 16.9. The van der Waals surface area contributed by atoms with E-state index < -0.39 is 0 Å². The Morgan fingerprint density at radius 1 is 0.840 bits per heavy atom. The largest absolute Gasteiger partial charge is 0.353 e. The van der Waals surface area contributed by atoms with Crippen LogP contribution in [0.2, 0.25) is 0 Å². The molecule has 25 heavy (non-hydrogen) atoms. The number of hydrogen-bond acceptors (Lipinski definition) is 7. The highest BCUT2D eigenvalue weighted by Crippen LogP contribution is 2.19. The van der Waals surface area contributed by atoms with Crippen LogP contribution in [0.4, 0.5) is 11.6 Å². The van der Waals surface area contributed by atoms with Gasteiger partial charge in [-0.05, 0) is 30.7 Å². The van der Waals surface area contributed by atoms with Crippen LogP contribution >= 0.6 is 0 Å². The molecule has 0 amide bonds. The Kier molecular flexibility index (Phi) is 4.09. The number of para-hydroxylation sites is 2. The van der Waals surface area contributed by atoms with Crippen molar-refractivity contribution in [2.24, 2.45) is 0 Å². The lowest BCUT2D eigenvalue weighted by atomic mass is 10.3. The van der Waals surface area contributed by atoms with E-state index >= 15 is 0 Å². The fraction of sp³-hybridized carbons (Fsp3) is 0.278. The topological polar surface area (TPSA) is 81.8 Å². The van der Waals surface area contributed by atoms with Crippen LogP contribution < -0.4 is 9.80 Å². The summed E-state index contributed by atoms with van der Waals surface area (Å²) in [7, 11) is 0. The molecule has 1 aromatic carbocycles. The van der Waals surface area contributed by atoms with Crippen molar-refractivity contribution in [1.82, 2.24) is 20.2 Å². The highest BCUT2D eigenvalue weighted by atomic mass is 15.3. The van der Waals surface area contributed by atoms with Crippen molar-refractivity contribution in [1.29, 1.82) is 5.26 Å². The van der Waals surface area contributed by atoms with E-state index in [0.717, 1.165) is 55.3 Å². The van der Waals surface area contributed by atoms with Crippen molar-refractivity contribution in [3.05, 3.63) is 48.3 Å². The van der Waals surface area contributed by atoms with E-state index in [1.54, 1.807) is 6.07 Å². The minimum Gasteiger partial charge on any atom is -0.353 e. The van der Waals surface area contributed by atoms with E-state index in [4.69, 9.17) is 10.2 Å². The van der Waals surface area contributed by atoms with Gasteiger partial charge in [0.05, 0.1) is 17.2 Å². The monoisotopic (exact) mass is 331 g/mol. The Bertz CT molecular complexity index is 917. The standard InChI is InChI=1S/C18H17N7/c19-12-14-6-7-17(23-22-14)24-8-3-9-25(11-10-24)18-13-20-15-4-1-2-5-16(15)21-18/h1-2,4-7,13H,3,8-11H2. The zero-order valence-electron chi connectivity index (χ0n) is 13.7. The zero-order chi connectivity index (χ0) is 17.1. The molecule has 0 N–H and O–H groups in total. The van der Waals surface area contributed by atoms with Gasteiger partial charge in [-0.1, -0.05) is 12.1 Å².